The van der Waals surface area contributed by atoms with E-state index in [1.807, 2.05) is 69.5 Å². The number of nitrogens with zero attached hydrogens (tertiary/aromatic N) is 2. The van der Waals surface area contributed by atoms with Gasteiger partial charge in [0, 0.05) is 30.6 Å². The first-order chi connectivity index (χ1) is 17.8. The lowest BCUT2D eigenvalue weighted by Crippen LogP contribution is -2.29. The molecule has 3 aromatic rings. The third-order valence-electron chi connectivity index (χ3n) is 5.48. The Kier molecular flexibility index (Phi) is 8.18. The third kappa shape index (κ3) is 7.39. The number of dihydropyridines is 1. The molecule has 0 spiro atoms. The van der Waals surface area contributed by atoms with E-state index < -0.39 is 5.60 Å². The third-order valence-corrected chi connectivity index (χ3v) is 5.48. The Bertz CT molecular complexity index is 1330. The summed E-state index contributed by atoms with van der Waals surface area (Å²) in [4.78, 5) is 34.3. The lowest BCUT2D eigenvalue weighted by atomic mass is 10.1. The van der Waals surface area contributed by atoms with Crippen molar-refractivity contribution in [3.63, 3.8) is 0 Å². The van der Waals surface area contributed by atoms with Crippen LogP contribution in [-0.4, -0.2) is 47.1 Å². The molecule has 0 saturated carbocycles. The fourth-order valence-electron chi connectivity index (χ4n) is 3.76. The standard InChI is InChI=1S/C29H32N4O4/c1-29(2,3)37-25(34)12-8-16-36-28-26(21-10-5-4-6-11-21)32-23-14-13-22(17-24(23)33-28)27(35)31-19-20-9-7-15-30-18-20/h4-7,9-11,13-15,17,30H,8,12,16,18-19H2,1-3H3,(H,31,35). The van der Waals surface area contributed by atoms with Gasteiger partial charge in [-0.05, 0) is 63.2 Å². The zero-order valence-corrected chi connectivity index (χ0v) is 21.4. The highest BCUT2D eigenvalue weighted by atomic mass is 16.6. The van der Waals surface area contributed by atoms with Gasteiger partial charge >= 0.3 is 5.97 Å². The number of aromatic nitrogens is 2. The van der Waals surface area contributed by atoms with E-state index in [9.17, 15) is 9.59 Å². The van der Waals surface area contributed by atoms with Gasteiger partial charge < -0.3 is 20.1 Å². The lowest BCUT2D eigenvalue weighted by molar-refractivity contribution is -0.155. The monoisotopic (exact) mass is 500 g/mol. The molecule has 37 heavy (non-hydrogen) atoms. The number of fused-ring (bicyclic) bond motifs is 1. The highest BCUT2D eigenvalue weighted by Gasteiger charge is 2.17. The number of ether oxygens (including phenoxy) is 2. The largest absolute Gasteiger partial charge is 0.476 e. The van der Waals surface area contributed by atoms with E-state index in [2.05, 4.69) is 10.6 Å². The summed E-state index contributed by atoms with van der Waals surface area (Å²) in [5.41, 5.74) is 3.73. The van der Waals surface area contributed by atoms with Crippen molar-refractivity contribution in [2.24, 2.45) is 0 Å². The lowest BCUT2D eigenvalue weighted by Gasteiger charge is -2.19. The van der Waals surface area contributed by atoms with Gasteiger partial charge in [-0.25, -0.2) is 9.97 Å². The molecule has 0 radical (unpaired) electrons. The molecule has 0 unspecified atom stereocenters. The minimum atomic E-state index is -0.520. The predicted octanol–water partition coefficient (Wildman–Crippen LogP) is 4.57. The van der Waals surface area contributed by atoms with E-state index >= 15 is 0 Å². The first kappa shape index (κ1) is 25.9. The number of esters is 1. The van der Waals surface area contributed by atoms with E-state index in [-0.39, 0.29) is 24.9 Å². The number of rotatable bonds is 9. The highest BCUT2D eigenvalue weighted by Crippen LogP contribution is 2.29. The summed E-state index contributed by atoms with van der Waals surface area (Å²) < 4.78 is 11.4. The van der Waals surface area contributed by atoms with Crippen molar-refractivity contribution >= 4 is 22.9 Å². The molecular weight excluding hydrogens is 468 g/mol. The van der Waals surface area contributed by atoms with Crippen LogP contribution >= 0.6 is 0 Å². The van der Waals surface area contributed by atoms with Crippen molar-refractivity contribution in [3.8, 4) is 17.1 Å². The number of carbonyl (C=O) groups is 2. The SMILES string of the molecule is CC(C)(C)OC(=O)CCCOc1nc2cc(C(=O)NCC3=CC=CNC3)ccc2nc1-c1ccccc1. The van der Waals surface area contributed by atoms with Crippen LogP contribution in [0.25, 0.3) is 22.3 Å². The summed E-state index contributed by atoms with van der Waals surface area (Å²) >= 11 is 0. The van der Waals surface area contributed by atoms with Gasteiger partial charge in [0.2, 0.25) is 5.88 Å². The van der Waals surface area contributed by atoms with Crippen LogP contribution in [0, 0.1) is 0 Å². The fourth-order valence-corrected chi connectivity index (χ4v) is 3.76. The molecule has 1 aliphatic rings. The number of nitrogens with one attached hydrogen (secondary N) is 2. The van der Waals surface area contributed by atoms with Gasteiger partial charge in [-0.1, -0.05) is 36.4 Å². The number of carbonyl (C=O) groups excluding carboxylic acids is 2. The number of hydrogen-bond donors (Lipinski definition) is 2. The first-order valence-electron chi connectivity index (χ1n) is 12.4. The van der Waals surface area contributed by atoms with Crippen molar-refractivity contribution in [1.29, 1.82) is 0 Å². The second-order valence-corrected chi connectivity index (χ2v) is 9.73. The average molecular weight is 501 g/mol. The summed E-state index contributed by atoms with van der Waals surface area (Å²) in [7, 11) is 0. The molecule has 0 atom stereocenters. The van der Waals surface area contributed by atoms with Gasteiger partial charge in [0.25, 0.3) is 5.91 Å². The molecule has 8 nitrogen and oxygen atoms in total. The van der Waals surface area contributed by atoms with Crippen LogP contribution in [0.4, 0.5) is 0 Å². The highest BCUT2D eigenvalue weighted by molar-refractivity contribution is 5.97. The van der Waals surface area contributed by atoms with E-state index in [4.69, 9.17) is 19.4 Å². The maximum absolute atomic E-state index is 12.8. The van der Waals surface area contributed by atoms with Gasteiger partial charge in [-0.15, -0.1) is 0 Å². The zero-order valence-electron chi connectivity index (χ0n) is 21.4. The number of allylic oxidation sites excluding steroid dienone is 2. The maximum atomic E-state index is 12.8. The number of benzene rings is 2. The fraction of sp³-hybridized carbons (Fsp3) is 0.310. The van der Waals surface area contributed by atoms with E-state index in [1.165, 1.54) is 0 Å². The Balaban J connectivity index is 1.51. The van der Waals surface area contributed by atoms with E-state index in [0.29, 0.717) is 47.7 Å². The minimum absolute atomic E-state index is 0.189. The second kappa shape index (κ2) is 11.7. The molecule has 1 aromatic heterocycles. The van der Waals surface area contributed by atoms with Gasteiger partial charge in [0.1, 0.15) is 11.3 Å². The summed E-state index contributed by atoms with van der Waals surface area (Å²) in [6.07, 6.45) is 6.49. The van der Waals surface area contributed by atoms with Crippen LogP contribution in [0.1, 0.15) is 44.0 Å². The smallest absolute Gasteiger partial charge is 0.306 e. The van der Waals surface area contributed by atoms with Crippen LogP contribution in [-0.2, 0) is 9.53 Å². The molecule has 4 rings (SSSR count). The predicted molar refractivity (Wildman–Crippen MR) is 143 cm³/mol. The number of hydrogen-bond acceptors (Lipinski definition) is 7. The van der Waals surface area contributed by atoms with Gasteiger partial charge in [-0.2, -0.15) is 0 Å². The molecule has 192 valence electrons. The Morgan fingerprint density at radius 2 is 1.86 bits per heavy atom. The first-order valence-corrected chi connectivity index (χ1v) is 12.4. The molecule has 8 heteroatoms. The van der Waals surface area contributed by atoms with Crippen LogP contribution in [0.15, 0.2) is 72.5 Å². The molecule has 0 saturated heterocycles. The van der Waals surface area contributed by atoms with Crippen molar-refractivity contribution in [3.05, 3.63) is 78.0 Å². The van der Waals surface area contributed by atoms with Crippen LogP contribution in [0.5, 0.6) is 5.88 Å². The summed E-state index contributed by atoms with van der Waals surface area (Å²) in [6.45, 7) is 6.96. The van der Waals surface area contributed by atoms with Gasteiger partial charge in [0.15, 0.2) is 0 Å². The Morgan fingerprint density at radius 3 is 2.59 bits per heavy atom. The molecule has 2 aromatic carbocycles. The maximum Gasteiger partial charge on any atom is 0.306 e. The molecule has 0 aliphatic carbocycles. The molecule has 1 aliphatic heterocycles. The topological polar surface area (TPSA) is 102 Å². The molecule has 2 N–H and O–H groups in total. The average Bonchev–Trinajstić information content (AvgIpc) is 2.89. The summed E-state index contributed by atoms with van der Waals surface area (Å²) in [5, 5.41) is 6.08. The Morgan fingerprint density at radius 1 is 1.05 bits per heavy atom. The molecule has 1 amide bonds. The van der Waals surface area contributed by atoms with Gasteiger partial charge in [-0.3, -0.25) is 9.59 Å². The molecule has 2 heterocycles. The molecule has 0 bridgehead atoms. The van der Waals surface area contributed by atoms with E-state index in [0.717, 1.165) is 11.1 Å². The van der Waals surface area contributed by atoms with Crippen LogP contribution < -0.4 is 15.4 Å². The Hall–Kier alpha value is -4.20. The normalized spacial score (nSPS) is 13.0. The van der Waals surface area contributed by atoms with Crippen molar-refractivity contribution < 1.29 is 19.1 Å². The van der Waals surface area contributed by atoms with Crippen molar-refractivity contribution in [2.45, 2.75) is 39.2 Å². The Labute approximate surface area is 216 Å². The quantitative estimate of drug-likeness (QED) is 0.328. The summed E-state index contributed by atoms with van der Waals surface area (Å²) in [6, 6.07) is 14.9. The van der Waals surface area contributed by atoms with Crippen molar-refractivity contribution in [2.75, 3.05) is 19.7 Å². The number of amides is 1. The van der Waals surface area contributed by atoms with E-state index in [1.54, 1.807) is 18.2 Å². The minimum Gasteiger partial charge on any atom is -0.476 e. The van der Waals surface area contributed by atoms with Gasteiger partial charge in [0.05, 0.1) is 17.6 Å². The molecule has 0 fully saturated rings. The second-order valence-electron chi connectivity index (χ2n) is 9.73. The zero-order chi connectivity index (χ0) is 26.3. The summed E-state index contributed by atoms with van der Waals surface area (Å²) in [5.74, 6) is -0.104. The molecular formula is C29H32N4O4. The van der Waals surface area contributed by atoms with Crippen molar-refractivity contribution in [1.82, 2.24) is 20.6 Å². The van der Waals surface area contributed by atoms with Crippen LogP contribution in [0.3, 0.4) is 0 Å². The van der Waals surface area contributed by atoms with Crippen LogP contribution in [0.2, 0.25) is 0 Å².